The van der Waals surface area contributed by atoms with E-state index in [1.54, 1.807) is 0 Å². The van der Waals surface area contributed by atoms with Gasteiger partial charge in [-0.1, -0.05) is 11.8 Å². The molecule has 6 heteroatoms. The second kappa shape index (κ2) is 3.26. The quantitative estimate of drug-likeness (QED) is 0.467. The summed E-state index contributed by atoms with van der Waals surface area (Å²) >= 11 is 0.336. The lowest BCUT2D eigenvalue weighted by molar-refractivity contribution is -0.109. The van der Waals surface area contributed by atoms with Crippen molar-refractivity contribution in [3.8, 4) is 0 Å². The summed E-state index contributed by atoms with van der Waals surface area (Å²) in [5, 5.41) is -1.41. The smallest absolute Gasteiger partial charge is 0.288 e. The van der Waals surface area contributed by atoms with Crippen molar-refractivity contribution in [1.29, 1.82) is 0 Å². The summed E-state index contributed by atoms with van der Waals surface area (Å²) in [6, 6.07) is 0. The molecular formula is C3H5F3OSSi. The zero-order valence-electron chi connectivity index (χ0n) is 4.66. The average Bonchev–Trinajstić information content (AvgIpc) is 1.59. The molecule has 9 heavy (non-hydrogen) atoms. The highest BCUT2D eigenvalue weighted by Crippen LogP contribution is 2.15. The fourth-order valence-corrected chi connectivity index (χ4v) is 1.65. The molecule has 0 aliphatic heterocycles. The summed E-state index contributed by atoms with van der Waals surface area (Å²) in [5.74, 6) is 0. The minimum Gasteiger partial charge on any atom is -0.288 e. The first-order valence-corrected chi connectivity index (χ1v) is 4.94. The highest BCUT2D eigenvalue weighted by molar-refractivity contribution is 8.14. The number of carbonyl (C=O) groups excluding carboxylic acids is 1. The van der Waals surface area contributed by atoms with Crippen LogP contribution >= 0.6 is 11.8 Å². The number of hydrogen-bond acceptors (Lipinski definition) is 2. The Bertz CT molecular complexity index is 112. The third kappa shape index (κ3) is 8.03. The van der Waals surface area contributed by atoms with E-state index in [4.69, 9.17) is 0 Å². The van der Waals surface area contributed by atoms with Crippen LogP contribution in [0.1, 0.15) is 6.92 Å². The van der Waals surface area contributed by atoms with Crippen molar-refractivity contribution >= 4 is 26.0 Å². The Morgan fingerprint density at radius 3 is 2.11 bits per heavy atom. The molecule has 0 saturated carbocycles. The van der Waals surface area contributed by atoms with Gasteiger partial charge in [0.1, 0.15) is 0 Å². The zero-order chi connectivity index (χ0) is 7.49. The summed E-state index contributed by atoms with van der Waals surface area (Å²) in [6.45, 7) is 1.13. The summed E-state index contributed by atoms with van der Waals surface area (Å²) in [7, 11) is -5.48. The van der Waals surface area contributed by atoms with Crippen molar-refractivity contribution in [2.75, 3.05) is 5.38 Å². The molecule has 0 aromatic rings. The van der Waals surface area contributed by atoms with Crippen LogP contribution in [0.2, 0.25) is 0 Å². The minimum atomic E-state index is -5.48. The van der Waals surface area contributed by atoms with Gasteiger partial charge < -0.3 is 0 Å². The van der Waals surface area contributed by atoms with Gasteiger partial charge in [-0.05, 0) is 0 Å². The van der Waals surface area contributed by atoms with Gasteiger partial charge in [0.05, 0.1) is 5.38 Å². The van der Waals surface area contributed by atoms with Crippen molar-refractivity contribution in [3.63, 3.8) is 0 Å². The van der Waals surface area contributed by atoms with Gasteiger partial charge in [0.25, 0.3) is 0 Å². The maximum absolute atomic E-state index is 11.4. The average molecular weight is 174 g/mol. The van der Waals surface area contributed by atoms with Gasteiger partial charge in [0.2, 0.25) is 0 Å². The van der Waals surface area contributed by atoms with E-state index in [9.17, 15) is 17.1 Å². The predicted octanol–water partition coefficient (Wildman–Crippen LogP) is 1.65. The first-order chi connectivity index (χ1) is 3.92. The van der Waals surface area contributed by atoms with Crippen LogP contribution in [-0.2, 0) is 4.79 Å². The molecule has 0 aromatic heterocycles. The maximum atomic E-state index is 11.4. The minimum absolute atomic E-state index is 0.336. The molecule has 0 heterocycles. The van der Waals surface area contributed by atoms with Crippen molar-refractivity contribution < 1.29 is 17.1 Å². The molecule has 0 unspecified atom stereocenters. The molecule has 0 amide bonds. The van der Waals surface area contributed by atoms with Crippen molar-refractivity contribution in [1.82, 2.24) is 0 Å². The van der Waals surface area contributed by atoms with E-state index in [1.165, 1.54) is 0 Å². The van der Waals surface area contributed by atoms with Crippen LogP contribution in [0.3, 0.4) is 0 Å². The van der Waals surface area contributed by atoms with Crippen molar-refractivity contribution in [2.24, 2.45) is 0 Å². The molecule has 0 spiro atoms. The Morgan fingerprint density at radius 2 is 2.00 bits per heavy atom. The molecule has 0 atom stereocenters. The van der Waals surface area contributed by atoms with E-state index in [0.29, 0.717) is 11.8 Å². The SMILES string of the molecule is CC(=O)SC[Si](F)(F)F. The first-order valence-electron chi connectivity index (χ1n) is 2.12. The topological polar surface area (TPSA) is 17.1 Å². The van der Waals surface area contributed by atoms with Gasteiger partial charge >= 0.3 is 9.08 Å². The van der Waals surface area contributed by atoms with Gasteiger partial charge in [0, 0.05) is 6.92 Å². The Kier molecular flexibility index (Phi) is 3.27. The van der Waals surface area contributed by atoms with Crippen LogP contribution in [0.25, 0.3) is 0 Å². The van der Waals surface area contributed by atoms with E-state index >= 15 is 0 Å². The lowest BCUT2D eigenvalue weighted by Crippen LogP contribution is -2.19. The van der Waals surface area contributed by atoms with Crippen LogP contribution < -0.4 is 0 Å². The van der Waals surface area contributed by atoms with E-state index in [0.717, 1.165) is 6.92 Å². The van der Waals surface area contributed by atoms with Crippen LogP contribution in [-0.4, -0.2) is 19.6 Å². The van der Waals surface area contributed by atoms with Crippen LogP contribution in [0.4, 0.5) is 12.3 Å². The Hall–Kier alpha value is 0.0269. The van der Waals surface area contributed by atoms with E-state index in [-0.39, 0.29) is 0 Å². The fourth-order valence-electron chi connectivity index (χ4n) is 0.183. The number of carbonyl (C=O) groups is 1. The molecule has 0 radical (unpaired) electrons. The normalized spacial score (nSPS) is 11.6. The number of rotatable bonds is 2. The Morgan fingerprint density at radius 1 is 1.56 bits per heavy atom. The van der Waals surface area contributed by atoms with Gasteiger partial charge in [0.15, 0.2) is 5.12 Å². The summed E-state index contributed by atoms with van der Waals surface area (Å²) < 4.78 is 34.1. The highest BCUT2D eigenvalue weighted by Gasteiger charge is 2.36. The maximum Gasteiger partial charge on any atom is 0.627 e. The molecule has 0 aromatic carbocycles. The number of thioether (sulfide) groups is 1. The monoisotopic (exact) mass is 174 g/mol. The Balaban J connectivity index is 3.39. The summed E-state index contributed by atoms with van der Waals surface area (Å²) in [4.78, 5) is 9.98. The highest BCUT2D eigenvalue weighted by atomic mass is 32.2. The van der Waals surface area contributed by atoms with Gasteiger partial charge in [-0.3, -0.25) is 4.79 Å². The van der Waals surface area contributed by atoms with Gasteiger partial charge in [-0.15, -0.1) is 0 Å². The molecule has 0 fully saturated rings. The van der Waals surface area contributed by atoms with Crippen molar-refractivity contribution in [3.05, 3.63) is 0 Å². The van der Waals surface area contributed by atoms with Crippen molar-refractivity contribution in [2.45, 2.75) is 6.92 Å². The largest absolute Gasteiger partial charge is 0.627 e. The molecule has 0 aliphatic rings. The summed E-state index contributed by atoms with van der Waals surface area (Å²) in [6.07, 6.45) is 0. The molecule has 0 bridgehead atoms. The lowest BCUT2D eigenvalue weighted by atomic mass is 10.9. The van der Waals surface area contributed by atoms with Crippen LogP contribution in [0, 0.1) is 0 Å². The molecule has 54 valence electrons. The predicted molar refractivity (Wildman–Crippen MR) is 32.2 cm³/mol. The summed E-state index contributed by atoms with van der Waals surface area (Å²) in [5.41, 5.74) is 0. The van der Waals surface area contributed by atoms with Crippen LogP contribution in [0.15, 0.2) is 0 Å². The molecule has 1 nitrogen and oxygen atoms in total. The third-order valence-corrected chi connectivity index (χ3v) is 2.73. The van der Waals surface area contributed by atoms with E-state index in [2.05, 4.69) is 0 Å². The zero-order valence-corrected chi connectivity index (χ0v) is 6.47. The molecule has 0 N–H and O–H groups in total. The van der Waals surface area contributed by atoms with Crippen LogP contribution in [0.5, 0.6) is 0 Å². The number of hydrogen-bond donors (Lipinski definition) is 0. The van der Waals surface area contributed by atoms with Gasteiger partial charge in [-0.2, -0.15) is 0 Å². The molecule has 0 rings (SSSR count). The van der Waals surface area contributed by atoms with E-state index in [1.807, 2.05) is 0 Å². The molecular weight excluding hydrogens is 169 g/mol. The lowest BCUT2D eigenvalue weighted by Gasteiger charge is -1.96. The molecule has 0 saturated heterocycles. The first kappa shape index (κ1) is 9.03. The Labute approximate surface area is 56.2 Å². The fraction of sp³-hybridized carbons (Fsp3) is 0.667. The number of halogens is 3. The van der Waals surface area contributed by atoms with E-state index < -0.39 is 19.6 Å². The second-order valence-corrected chi connectivity index (χ2v) is 4.64. The van der Waals surface area contributed by atoms with Gasteiger partial charge in [-0.25, -0.2) is 12.3 Å². The second-order valence-electron chi connectivity index (χ2n) is 1.40. The third-order valence-electron chi connectivity index (χ3n) is 0.439. The standard InChI is InChI=1S/C3H5F3OSSi/c1-3(7)8-2-9(4,5)6/h2H2,1H3. The molecule has 0 aliphatic carbocycles.